The van der Waals surface area contributed by atoms with E-state index in [2.05, 4.69) is 161 Å². The van der Waals surface area contributed by atoms with Gasteiger partial charge >= 0.3 is 0 Å². The van der Waals surface area contributed by atoms with E-state index in [-0.39, 0.29) is 0 Å². The van der Waals surface area contributed by atoms with Crippen molar-refractivity contribution in [2.75, 3.05) is 0 Å². The van der Waals surface area contributed by atoms with E-state index in [9.17, 15) is 0 Å². The molecule has 13 aromatic rings. The third kappa shape index (κ3) is 5.55. The van der Waals surface area contributed by atoms with E-state index in [0.29, 0.717) is 17.5 Å². The molecule has 0 bridgehead atoms. The van der Waals surface area contributed by atoms with Crippen molar-refractivity contribution < 1.29 is 4.42 Å². The van der Waals surface area contributed by atoms with Gasteiger partial charge in [-0.2, -0.15) is 0 Å². The van der Waals surface area contributed by atoms with Crippen LogP contribution in [0, 0.1) is 0 Å². The highest BCUT2D eigenvalue weighted by atomic mass is 16.3. The third-order valence-electron chi connectivity index (χ3n) is 12.4. The minimum absolute atomic E-state index is 0.607. The summed E-state index contributed by atoms with van der Waals surface area (Å²) in [4.78, 5) is 15.1. The molecule has 0 radical (unpaired) electrons. The highest BCUT2D eigenvalue weighted by Gasteiger charge is 2.23. The summed E-state index contributed by atoms with van der Waals surface area (Å²) in [6.07, 6.45) is 0. The van der Waals surface area contributed by atoms with Crippen molar-refractivity contribution >= 4 is 65.6 Å². The first-order chi connectivity index (χ1) is 31.2. The van der Waals surface area contributed by atoms with Crippen molar-refractivity contribution in [2.24, 2.45) is 0 Å². The largest absolute Gasteiger partial charge is 0.454 e. The van der Waals surface area contributed by atoms with Crippen molar-refractivity contribution in [2.45, 2.75) is 0 Å². The maximum atomic E-state index is 7.07. The molecular formula is C57H35N5O. The number of rotatable bonds is 6. The van der Waals surface area contributed by atoms with Crippen molar-refractivity contribution in [1.29, 1.82) is 0 Å². The van der Waals surface area contributed by atoms with Gasteiger partial charge in [0.2, 0.25) is 0 Å². The van der Waals surface area contributed by atoms with Crippen LogP contribution in [0.2, 0.25) is 0 Å². The van der Waals surface area contributed by atoms with Gasteiger partial charge in [0.15, 0.2) is 23.1 Å². The van der Waals surface area contributed by atoms with Gasteiger partial charge in [-0.05, 0) is 65.7 Å². The molecule has 0 spiro atoms. The van der Waals surface area contributed by atoms with Gasteiger partial charge < -0.3 is 13.6 Å². The molecule has 0 aliphatic carbocycles. The Bertz CT molecular complexity index is 3830. The average Bonchev–Trinajstić information content (AvgIpc) is 4.02. The lowest BCUT2D eigenvalue weighted by Gasteiger charge is -2.10. The van der Waals surface area contributed by atoms with Gasteiger partial charge in [0, 0.05) is 49.3 Å². The first-order valence-electron chi connectivity index (χ1n) is 21.2. The van der Waals surface area contributed by atoms with Crippen LogP contribution in [0.25, 0.3) is 122 Å². The molecule has 0 fully saturated rings. The summed E-state index contributed by atoms with van der Waals surface area (Å²) in [5.74, 6) is 1.86. The van der Waals surface area contributed by atoms with E-state index in [1.54, 1.807) is 0 Å². The molecule has 63 heavy (non-hydrogen) atoms. The van der Waals surface area contributed by atoms with Gasteiger partial charge in [0.05, 0.1) is 33.1 Å². The molecule has 294 valence electrons. The van der Waals surface area contributed by atoms with Crippen molar-refractivity contribution in [3.05, 3.63) is 212 Å². The molecule has 0 atom stereocenters. The summed E-state index contributed by atoms with van der Waals surface area (Å²) in [6.45, 7) is 0. The Morgan fingerprint density at radius 2 is 0.889 bits per heavy atom. The molecular weight excluding hydrogens is 771 g/mol. The van der Waals surface area contributed by atoms with Gasteiger partial charge in [0.1, 0.15) is 5.58 Å². The van der Waals surface area contributed by atoms with Crippen molar-refractivity contribution in [3.63, 3.8) is 0 Å². The van der Waals surface area contributed by atoms with Crippen LogP contribution in [-0.4, -0.2) is 24.1 Å². The number of fused-ring (bicyclic) bond motifs is 10. The van der Waals surface area contributed by atoms with Crippen LogP contribution in [0.4, 0.5) is 0 Å². The van der Waals surface area contributed by atoms with Crippen molar-refractivity contribution in [1.82, 2.24) is 24.1 Å². The number of hydrogen-bond acceptors (Lipinski definition) is 4. The van der Waals surface area contributed by atoms with E-state index < -0.39 is 0 Å². The minimum Gasteiger partial charge on any atom is -0.454 e. The second kappa shape index (κ2) is 14.0. The highest BCUT2D eigenvalue weighted by molar-refractivity contribution is 6.23. The normalized spacial score (nSPS) is 11.8. The second-order valence-electron chi connectivity index (χ2n) is 16.0. The minimum atomic E-state index is 0.607. The number of benzene rings is 9. The average molecular weight is 806 g/mol. The number of aromatic nitrogens is 5. The van der Waals surface area contributed by atoms with E-state index in [0.717, 1.165) is 82.8 Å². The lowest BCUT2D eigenvalue weighted by molar-refractivity contribution is 0.671. The van der Waals surface area contributed by atoms with Crippen LogP contribution < -0.4 is 0 Å². The van der Waals surface area contributed by atoms with Crippen LogP contribution in [0.3, 0.4) is 0 Å². The molecule has 0 unspecified atom stereocenters. The molecule has 6 nitrogen and oxygen atoms in total. The highest BCUT2D eigenvalue weighted by Crippen LogP contribution is 2.44. The van der Waals surface area contributed by atoms with Crippen LogP contribution in [0.5, 0.6) is 0 Å². The van der Waals surface area contributed by atoms with E-state index >= 15 is 0 Å². The fraction of sp³-hybridized carbons (Fsp3) is 0. The molecule has 0 N–H and O–H groups in total. The van der Waals surface area contributed by atoms with Crippen LogP contribution in [0.15, 0.2) is 217 Å². The first-order valence-corrected chi connectivity index (χ1v) is 21.2. The number of nitrogens with zero attached hydrogens (tertiary/aromatic N) is 5. The molecule has 6 heteroatoms. The Morgan fingerprint density at radius 3 is 1.60 bits per heavy atom. The van der Waals surface area contributed by atoms with Crippen LogP contribution >= 0.6 is 0 Å². The zero-order valence-electron chi connectivity index (χ0n) is 33.9. The Hall–Kier alpha value is -8.61. The molecule has 0 saturated heterocycles. The predicted octanol–water partition coefficient (Wildman–Crippen LogP) is 14.6. The quantitative estimate of drug-likeness (QED) is 0.168. The lowest BCUT2D eigenvalue weighted by Crippen LogP contribution is -2.00. The third-order valence-corrected chi connectivity index (χ3v) is 12.4. The zero-order valence-corrected chi connectivity index (χ0v) is 33.9. The monoisotopic (exact) mass is 805 g/mol. The number of para-hydroxylation sites is 2. The maximum Gasteiger partial charge on any atom is 0.164 e. The summed E-state index contributed by atoms with van der Waals surface area (Å²) in [5.41, 5.74) is 13.3. The summed E-state index contributed by atoms with van der Waals surface area (Å²) < 4.78 is 11.8. The molecule has 4 aromatic heterocycles. The second-order valence-corrected chi connectivity index (χ2v) is 16.0. The summed E-state index contributed by atoms with van der Waals surface area (Å²) >= 11 is 0. The number of furan rings is 1. The number of hydrogen-bond donors (Lipinski definition) is 0. The summed E-state index contributed by atoms with van der Waals surface area (Å²) in [5, 5.41) is 6.76. The SMILES string of the molecule is c1ccc(-c2ccc3c(c2)c2ccccc2n3-c2cccc3oc4c(ccc5c6ccc(-c7nc(-c8ccccc8)nc(-c8ccccc8)n7)cc6n(-c6ccccc6)c54)c23)cc1. The zero-order chi connectivity index (χ0) is 41.4. The van der Waals surface area contributed by atoms with E-state index in [1.165, 1.54) is 21.9 Å². The van der Waals surface area contributed by atoms with Crippen LogP contribution in [0.1, 0.15) is 0 Å². The molecule has 13 rings (SSSR count). The fourth-order valence-electron chi connectivity index (χ4n) is 9.51. The van der Waals surface area contributed by atoms with Gasteiger partial charge in [-0.1, -0.05) is 158 Å². The van der Waals surface area contributed by atoms with Gasteiger partial charge in [-0.3, -0.25) is 0 Å². The first kappa shape index (κ1) is 35.2. The molecule has 9 aromatic carbocycles. The van der Waals surface area contributed by atoms with E-state index in [1.807, 2.05) is 60.7 Å². The predicted molar refractivity (Wildman–Crippen MR) is 258 cm³/mol. The van der Waals surface area contributed by atoms with Gasteiger partial charge in [0.25, 0.3) is 0 Å². The summed E-state index contributed by atoms with van der Waals surface area (Å²) in [6, 6.07) is 74.3. The van der Waals surface area contributed by atoms with E-state index in [4.69, 9.17) is 19.4 Å². The maximum absolute atomic E-state index is 7.07. The van der Waals surface area contributed by atoms with Gasteiger partial charge in [-0.15, -0.1) is 0 Å². The standard InChI is InChI=1S/C57H35N5O/c1-5-16-36(17-6-1)39-29-33-48-46(34-39)42-24-13-14-25-47(42)62(48)49-26-15-27-51-52(49)45-32-31-44-43-30-28-40(35-50(43)61(53(44)54(45)63-51)41-22-11-4-12-23-41)57-59-55(37-18-7-2-8-19-37)58-56(60-57)38-20-9-3-10-21-38/h1-35H. The topological polar surface area (TPSA) is 61.7 Å². The Morgan fingerprint density at radius 1 is 0.333 bits per heavy atom. The molecule has 0 amide bonds. The van der Waals surface area contributed by atoms with Gasteiger partial charge in [-0.25, -0.2) is 15.0 Å². The Kier molecular flexibility index (Phi) is 7.80. The molecule has 0 aliphatic heterocycles. The van der Waals surface area contributed by atoms with Crippen LogP contribution in [-0.2, 0) is 0 Å². The van der Waals surface area contributed by atoms with Crippen molar-refractivity contribution in [3.8, 4) is 56.7 Å². The molecule has 4 heterocycles. The Balaban J connectivity index is 1.06. The molecule has 0 saturated carbocycles. The summed E-state index contributed by atoms with van der Waals surface area (Å²) in [7, 11) is 0. The fourth-order valence-corrected chi connectivity index (χ4v) is 9.51. The smallest absolute Gasteiger partial charge is 0.164 e. The lowest BCUT2D eigenvalue weighted by atomic mass is 10.0. The Labute approximate surface area is 361 Å². The molecule has 0 aliphatic rings.